The van der Waals surface area contributed by atoms with E-state index in [0.29, 0.717) is 5.15 Å². The van der Waals surface area contributed by atoms with E-state index in [-0.39, 0.29) is 16.6 Å². The van der Waals surface area contributed by atoms with Gasteiger partial charge in [0.2, 0.25) is 0 Å². The van der Waals surface area contributed by atoms with Gasteiger partial charge in [-0.3, -0.25) is 0 Å². The highest BCUT2D eigenvalue weighted by atomic mass is 35.5. The van der Waals surface area contributed by atoms with Crippen LogP contribution in [0, 0.1) is 0 Å². The molecule has 0 aromatic carbocycles. The summed E-state index contributed by atoms with van der Waals surface area (Å²) in [5.74, 6) is 0. The molecule has 2 heterocycles. The van der Waals surface area contributed by atoms with Crippen LogP contribution in [0.4, 0.5) is 0 Å². The Hall–Kier alpha value is -0.575. The molecule has 1 saturated heterocycles. The van der Waals surface area contributed by atoms with Crippen molar-refractivity contribution in [1.82, 2.24) is 4.98 Å². The standard InChI is InChI=1S/C15H23BClNO2/c1-13(2,3)10-8-9-11(18-12(10)17)16-19-14(4,5)15(6,7)20-16/h8-9H,1-7H3. The molecule has 110 valence electrons. The van der Waals surface area contributed by atoms with Crippen LogP contribution in [-0.2, 0) is 14.7 Å². The average molecular weight is 296 g/mol. The van der Waals surface area contributed by atoms with Crippen LogP contribution in [0.25, 0.3) is 0 Å². The fourth-order valence-electron chi connectivity index (χ4n) is 2.10. The Kier molecular flexibility index (Phi) is 3.73. The van der Waals surface area contributed by atoms with Gasteiger partial charge in [0, 0.05) is 0 Å². The Morgan fingerprint density at radius 1 is 1.05 bits per heavy atom. The molecule has 1 aromatic rings. The molecule has 0 bridgehead atoms. The highest BCUT2D eigenvalue weighted by Crippen LogP contribution is 2.36. The van der Waals surface area contributed by atoms with Crippen molar-refractivity contribution in [2.75, 3.05) is 0 Å². The van der Waals surface area contributed by atoms with Gasteiger partial charge < -0.3 is 9.31 Å². The molecule has 0 N–H and O–H groups in total. The minimum Gasteiger partial charge on any atom is -0.398 e. The van der Waals surface area contributed by atoms with Gasteiger partial charge in [0.15, 0.2) is 0 Å². The second-order valence-corrected chi connectivity index (χ2v) is 7.77. The van der Waals surface area contributed by atoms with Crippen LogP contribution >= 0.6 is 11.6 Å². The maximum absolute atomic E-state index is 6.31. The molecule has 0 amide bonds. The predicted octanol–water partition coefficient (Wildman–Crippen LogP) is 3.33. The zero-order valence-corrected chi connectivity index (χ0v) is 14.1. The van der Waals surface area contributed by atoms with Gasteiger partial charge in [-0.2, -0.15) is 0 Å². The second-order valence-electron chi connectivity index (χ2n) is 7.41. The largest absolute Gasteiger partial charge is 0.514 e. The predicted molar refractivity (Wildman–Crippen MR) is 83.7 cm³/mol. The third kappa shape index (κ3) is 2.74. The molecule has 3 nitrogen and oxygen atoms in total. The Labute approximate surface area is 127 Å². The molecule has 0 radical (unpaired) electrons. The van der Waals surface area contributed by atoms with Crippen molar-refractivity contribution in [1.29, 1.82) is 0 Å². The van der Waals surface area contributed by atoms with Crippen molar-refractivity contribution in [3.8, 4) is 0 Å². The van der Waals surface area contributed by atoms with E-state index in [1.54, 1.807) is 0 Å². The lowest BCUT2D eigenvalue weighted by molar-refractivity contribution is 0.00578. The van der Waals surface area contributed by atoms with Crippen LogP contribution in [0.15, 0.2) is 12.1 Å². The van der Waals surface area contributed by atoms with Crippen LogP contribution in [0.5, 0.6) is 0 Å². The molecular weight excluding hydrogens is 272 g/mol. The molecule has 2 rings (SSSR count). The number of aromatic nitrogens is 1. The van der Waals surface area contributed by atoms with Crippen LogP contribution in [0.2, 0.25) is 5.15 Å². The van der Waals surface area contributed by atoms with Crippen molar-refractivity contribution >= 4 is 24.3 Å². The fraction of sp³-hybridized carbons (Fsp3) is 0.667. The number of pyridine rings is 1. The zero-order valence-electron chi connectivity index (χ0n) is 13.4. The summed E-state index contributed by atoms with van der Waals surface area (Å²) >= 11 is 6.31. The summed E-state index contributed by atoms with van der Waals surface area (Å²) in [7, 11) is -0.466. The third-order valence-electron chi connectivity index (χ3n) is 4.17. The normalized spacial score (nSPS) is 21.3. The molecule has 1 aliphatic rings. The maximum atomic E-state index is 6.31. The summed E-state index contributed by atoms with van der Waals surface area (Å²) in [5, 5.41) is 0.518. The Bertz CT molecular complexity index is 507. The molecule has 0 unspecified atom stereocenters. The van der Waals surface area contributed by atoms with Crippen molar-refractivity contribution in [2.24, 2.45) is 0 Å². The first-order chi connectivity index (χ1) is 8.94. The molecule has 5 heteroatoms. The van der Waals surface area contributed by atoms with E-state index in [1.165, 1.54) is 0 Å². The van der Waals surface area contributed by atoms with Crippen molar-refractivity contribution < 1.29 is 9.31 Å². The summed E-state index contributed by atoms with van der Waals surface area (Å²) in [5.41, 5.74) is 0.989. The van der Waals surface area contributed by atoms with E-state index >= 15 is 0 Å². The van der Waals surface area contributed by atoms with Gasteiger partial charge in [-0.25, -0.2) is 4.98 Å². The Balaban J connectivity index is 2.31. The van der Waals surface area contributed by atoms with Gasteiger partial charge >= 0.3 is 7.12 Å². The van der Waals surface area contributed by atoms with Crippen LogP contribution < -0.4 is 5.59 Å². The lowest BCUT2D eigenvalue weighted by atomic mass is 9.82. The van der Waals surface area contributed by atoms with Gasteiger partial charge in [0.25, 0.3) is 0 Å². The van der Waals surface area contributed by atoms with E-state index in [9.17, 15) is 0 Å². The minimum absolute atomic E-state index is 0.0292. The SMILES string of the molecule is CC(C)(C)c1ccc(B2OC(C)(C)C(C)(C)O2)nc1Cl. The Morgan fingerprint density at radius 2 is 1.55 bits per heavy atom. The summed E-state index contributed by atoms with van der Waals surface area (Å²) in [6.07, 6.45) is 0. The molecule has 0 saturated carbocycles. The van der Waals surface area contributed by atoms with E-state index in [4.69, 9.17) is 20.9 Å². The topological polar surface area (TPSA) is 31.4 Å². The number of hydrogen-bond donors (Lipinski definition) is 0. The summed E-state index contributed by atoms with van der Waals surface area (Å²) in [6.45, 7) is 14.4. The molecule has 0 atom stereocenters. The van der Waals surface area contributed by atoms with Crippen molar-refractivity contribution in [3.05, 3.63) is 22.8 Å². The Morgan fingerprint density at radius 3 is 1.95 bits per heavy atom. The van der Waals surface area contributed by atoms with Crippen LogP contribution in [-0.4, -0.2) is 23.3 Å². The summed E-state index contributed by atoms with van der Waals surface area (Å²) in [6, 6.07) is 3.95. The zero-order chi connectivity index (χ0) is 15.3. The van der Waals surface area contributed by atoms with Gasteiger partial charge in [0.05, 0.1) is 16.8 Å². The molecule has 0 aliphatic carbocycles. The minimum atomic E-state index is -0.466. The fourth-order valence-corrected chi connectivity index (χ4v) is 2.55. The number of nitrogens with zero attached hydrogens (tertiary/aromatic N) is 1. The molecule has 1 aromatic heterocycles. The lowest BCUT2D eigenvalue weighted by Crippen LogP contribution is -2.41. The number of hydrogen-bond acceptors (Lipinski definition) is 3. The molecule has 0 spiro atoms. The highest BCUT2D eigenvalue weighted by molar-refractivity contribution is 6.61. The summed E-state index contributed by atoms with van der Waals surface area (Å²) in [4.78, 5) is 4.47. The van der Waals surface area contributed by atoms with E-state index < -0.39 is 7.12 Å². The quantitative estimate of drug-likeness (QED) is 0.588. The monoisotopic (exact) mass is 295 g/mol. The van der Waals surface area contributed by atoms with Crippen molar-refractivity contribution in [3.63, 3.8) is 0 Å². The smallest absolute Gasteiger partial charge is 0.398 e. The van der Waals surface area contributed by atoms with Gasteiger partial charge in [-0.05, 0) is 44.7 Å². The maximum Gasteiger partial charge on any atom is 0.514 e. The molecular formula is C15H23BClNO2. The average Bonchev–Trinajstić information content (AvgIpc) is 2.46. The lowest BCUT2D eigenvalue weighted by Gasteiger charge is -2.32. The van der Waals surface area contributed by atoms with Crippen LogP contribution in [0.1, 0.15) is 54.0 Å². The first-order valence-electron chi connectivity index (χ1n) is 6.97. The second kappa shape index (κ2) is 4.72. The first-order valence-corrected chi connectivity index (χ1v) is 7.34. The number of rotatable bonds is 1. The van der Waals surface area contributed by atoms with Crippen LogP contribution in [0.3, 0.4) is 0 Å². The molecule has 20 heavy (non-hydrogen) atoms. The van der Waals surface area contributed by atoms with E-state index in [1.807, 2.05) is 39.8 Å². The number of halogens is 1. The third-order valence-corrected chi connectivity index (χ3v) is 4.46. The molecule has 1 fully saturated rings. The van der Waals surface area contributed by atoms with Gasteiger partial charge in [-0.1, -0.05) is 38.4 Å². The van der Waals surface area contributed by atoms with Gasteiger partial charge in [0.1, 0.15) is 5.15 Å². The van der Waals surface area contributed by atoms with Gasteiger partial charge in [-0.15, -0.1) is 0 Å². The first kappa shape index (κ1) is 15.8. The van der Waals surface area contributed by atoms with Crippen molar-refractivity contribution in [2.45, 2.75) is 65.1 Å². The van der Waals surface area contributed by atoms with E-state index in [2.05, 4.69) is 25.8 Å². The summed E-state index contributed by atoms with van der Waals surface area (Å²) < 4.78 is 12.0. The highest BCUT2D eigenvalue weighted by Gasteiger charge is 2.52. The van der Waals surface area contributed by atoms with E-state index in [0.717, 1.165) is 11.2 Å². The molecule has 1 aliphatic heterocycles.